The second-order valence-electron chi connectivity index (χ2n) is 6.14. The van der Waals surface area contributed by atoms with Crippen molar-refractivity contribution in [1.82, 2.24) is 9.80 Å². The minimum absolute atomic E-state index is 0.969. The largest absolute Gasteiger partial charge is 0.329 e. The molecule has 0 aliphatic carbocycles. The molecule has 0 fully saturated rings. The molecule has 23 heavy (non-hydrogen) atoms. The fourth-order valence-corrected chi connectivity index (χ4v) is 3.49. The molecule has 3 heteroatoms. The predicted molar refractivity (Wildman–Crippen MR) is 97.4 cm³/mol. The minimum Gasteiger partial charge on any atom is -0.329 e. The summed E-state index contributed by atoms with van der Waals surface area (Å²) in [6, 6.07) is 10.7. The van der Waals surface area contributed by atoms with Gasteiger partial charge in [0.2, 0.25) is 0 Å². The van der Waals surface area contributed by atoms with Gasteiger partial charge in [-0.1, -0.05) is 43.0 Å². The number of hydrogen-bond acceptors (Lipinski definition) is 2. The molecule has 1 aromatic carbocycles. The summed E-state index contributed by atoms with van der Waals surface area (Å²) in [5.41, 5.74) is 5.54. The Kier molecular flexibility index (Phi) is 4.77. The Morgan fingerprint density at radius 1 is 1.26 bits per heavy atom. The van der Waals surface area contributed by atoms with E-state index in [1.54, 1.807) is 6.20 Å². The first-order valence-corrected chi connectivity index (χ1v) is 8.32. The summed E-state index contributed by atoms with van der Waals surface area (Å²) in [4.78, 5) is 9.39. The van der Waals surface area contributed by atoms with Gasteiger partial charge in [-0.2, -0.15) is 0 Å². The molecule has 2 heterocycles. The van der Waals surface area contributed by atoms with Gasteiger partial charge in [-0.3, -0.25) is 0 Å². The van der Waals surface area contributed by atoms with Crippen LogP contribution in [-0.4, -0.2) is 42.3 Å². The van der Waals surface area contributed by atoms with Crippen LogP contribution in [0.5, 0.6) is 0 Å². The molecule has 120 valence electrons. The molecule has 1 aromatic rings. The van der Waals surface area contributed by atoms with E-state index in [2.05, 4.69) is 71.8 Å². The Bertz CT molecular complexity index is 667. The number of rotatable bonds is 4. The lowest BCUT2D eigenvalue weighted by atomic mass is 10.0. The lowest BCUT2D eigenvalue weighted by molar-refractivity contribution is 0.331. The average Bonchev–Trinajstić information content (AvgIpc) is 2.86. The summed E-state index contributed by atoms with van der Waals surface area (Å²) < 4.78 is 0. The number of nitrogens with zero attached hydrogens (tertiary/aromatic N) is 3. The number of likely N-dealkylation sites (N-methyl/N-ethyl adjacent to an activating group) is 1. The maximum atomic E-state index is 4.60. The van der Waals surface area contributed by atoms with E-state index in [1.807, 2.05) is 0 Å². The first-order valence-electron chi connectivity index (χ1n) is 8.32. The Morgan fingerprint density at radius 3 is 2.74 bits per heavy atom. The zero-order valence-electron chi connectivity index (χ0n) is 14.1. The zero-order chi connectivity index (χ0) is 16.2. The van der Waals surface area contributed by atoms with Crippen molar-refractivity contribution in [2.45, 2.75) is 19.8 Å². The highest BCUT2D eigenvalue weighted by Crippen LogP contribution is 2.35. The van der Waals surface area contributed by atoms with Crippen molar-refractivity contribution < 1.29 is 0 Å². The van der Waals surface area contributed by atoms with E-state index >= 15 is 0 Å². The van der Waals surface area contributed by atoms with Crippen molar-refractivity contribution in [3.8, 4) is 0 Å². The number of aliphatic imine (C=N–C) groups is 1. The first-order chi connectivity index (χ1) is 11.2. The van der Waals surface area contributed by atoms with E-state index in [1.165, 1.54) is 22.4 Å². The van der Waals surface area contributed by atoms with Gasteiger partial charge in [-0.05, 0) is 31.5 Å². The quantitative estimate of drug-likeness (QED) is 0.846. The van der Waals surface area contributed by atoms with Crippen molar-refractivity contribution in [3.05, 3.63) is 71.6 Å². The van der Waals surface area contributed by atoms with E-state index < -0.39 is 0 Å². The van der Waals surface area contributed by atoms with Crippen molar-refractivity contribution in [2.24, 2.45) is 4.99 Å². The summed E-state index contributed by atoms with van der Waals surface area (Å²) >= 11 is 0. The van der Waals surface area contributed by atoms with Crippen LogP contribution in [0.2, 0.25) is 0 Å². The number of allylic oxidation sites excluding steroid dienone is 1. The second-order valence-corrected chi connectivity index (χ2v) is 6.14. The molecule has 2 aliphatic heterocycles. The maximum Gasteiger partial charge on any atom is 0.140 e. The molecule has 0 unspecified atom stereocenters. The smallest absolute Gasteiger partial charge is 0.140 e. The highest BCUT2D eigenvalue weighted by Gasteiger charge is 2.34. The second kappa shape index (κ2) is 6.97. The molecular formula is C20H25N3. The van der Waals surface area contributed by atoms with Crippen LogP contribution < -0.4 is 0 Å². The van der Waals surface area contributed by atoms with Crippen LogP contribution in [0.25, 0.3) is 0 Å². The van der Waals surface area contributed by atoms with E-state index in [-0.39, 0.29) is 0 Å². The summed E-state index contributed by atoms with van der Waals surface area (Å²) in [5, 5.41) is 0. The fraction of sp³-hybridized carbons (Fsp3) is 0.350. The third-order valence-electron chi connectivity index (χ3n) is 4.62. The molecule has 0 aromatic heterocycles. The highest BCUT2D eigenvalue weighted by molar-refractivity contribution is 6.07. The molecule has 0 bridgehead atoms. The van der Waals surface area contributed by atoms with Gasteiger partial charge < -0.3 is 9.80 Å². The molecule has 0 atom stereocenters. The maximum absolute atomic E-state index is 4.60. The van der Waals surface area contributed by atoms with Crippen molar-refractivity contribution >= 4 is 5.84 Å². The van der Waals surface area contributed by atoms with Gasteiger partial charge in [0.05, 0.1) is 0 Å². The SMILES string of the molecule is C=CN=C1/C(=C\C)C2=C(CCN(C)C2)N1CCc1ccccc1. The minimum atomic E-state index is 0.969. The normalized spacial score (nSPS) is 22.1. The highest BCUT2D eigenvalue weighted by atomic mass is 15.2. The predicted octanol–water partition coefficient (Wildman–Crippen LogP) is 3.62. The lowest BCUT2D eigenvalue weighted by Crippen LogP contribution is -2.32. The van der Waals surface area contributed by atoms with Crippen LogP contribution in [-0.2, 0) is 6.42 Å². The summed E-state index contributed by atoms with van der Waals surface area (Å²) in [7, 11) is 2.19. The number of hydrogen-bond donors (Lipinski definition) is 0. The fourth-order valence-electron chi connectivity index (χ4n) is 3.49. The molecule has 3 rings (SSSR count). The van der Waals surface area contributed by atoms with Gasteiger partial charge in [-0.15, -0.1) is 0 Å². The van der Waals surface area contributed by atoms with Gasteiger partial charge in [0.15, 0.2) is 0 Å². The standard InChI is InChI=1S/C20H25N3/c1-4-17-18-15-22(3)13-12-19(18)23(20(17)21-5-2)14-11-16-9-7-6-8-10-16/h4-10H,2,11-15H2,1,3H3/b17-4-,21-20?. The number of amidine groups is 1. The Hall–Kier alpha value is -2.13. The topological polar surface area (TPSA) is 18.8 Å². The monoisotopic (exact) mass is 307 g/mol. The molecule has 0 spiro atoms. The van der Waals surface area contributed by atoms with Gasteiger partial charge in [0.25, 0.3) is 0 Å². The van der Waals surface area contributed by atoms with Gasteiger partial charge >= 0.3 is 0 Å². The molecule has 0 amide bonds. The van der Waals surface area contributed by atoms with Crippen LogP contribution in [0.1, 0.15) is 18.9 Å². The lowest BCUT2D eigenvalue weighted by Gasteiger charge is -2.28. The third-order valence-corrected chi connectivity index (χ3v) is 4.62. The van der Waals surface area contributed by atoms with Crippen LogP contribution >= 0.6 is 0 Å². The van der Waals surface area contributed by atoms with Gasteiger partial charge in [0.1, 0.15) is 5.84 Å². The van der Waals surface area contributed by atoms with Gasteiger partial charge in [0, 0.05) is 43.5 Å². The summed E-state index contributed by atoms with van der Waals surface area (Å²) in [5.74, 6) is 1.07. The van der Waals surface area contributed by atoms with Crippen molar-refractivity contribution in [2.75, 3.05) is 26.7 Å². The zero-order valence-corrected chi connectivity index (χ0v) is 14.1. The number of benzene rings is 1. The summed E-state index contributed by atoms with van der Waals surface area (Å²) in [6.45, 7) is 9.00. The van der Waals surface area contributed by atoms with E-state index in [4.69, 9.17) is 0 Å². The summed E-state index contributed by atoms with van der Waals surface area (Å²) in [6.07, 6.45) is 5.98. The van der Waals surface area contributed by atoms with Crippen LogP contribution in [0, 0.1) is 0 Å². The van der Waals surface area contributed by atoms with E-state index in [0.717, 1.165) is 38.3 Å². The Morgan fingerprint density at radius 2 is 2.04 bits per heavy atom. The van der Waals surface area contributed by atoms with Crippen LogP contribution in [0.3, 0.4) is 0 Å². The van der Waals surface area contributed by atoms with E-state index in [9.17, 15) is 0 Å². The van der Waals surface area contributed by atoms with E-state index in [0.29, 0.717) is 0 Å². The molecular weight excluding hydrogens is 282 g/mol. The molecule has 2 aliphatic rings. The molecule has 0 radical (unpaired) electrons. The van der Waals surface area contributed by atoms with Crippen LogP contribution in [0.15, 0.2) is 71.0 Å². The molecule has 0 saturated carbocycles. The Balaban J connectivity index is 1.89. The van der Waals surface area contributed by atoms with Crippen molar-refractivity contribution in [3.63, 3.8) is 0 Å². The van der Waals surface area contributed by atoms with Crippen molar-refractivity contribution in [1.29, 1.82) is 0 Å². The average molecular weight is 307 g/mol. The molecule has 0 N–H and O–H groups in total. The molecule has 3 nitrogen and oxygen atoms in total. The Labute approximate surface area is 139 Å². The first kappa shape index (κ1) is 15.8. The van der Waals surface area contributed by atoms with Crippen LogP contribution in [0.4, 0.5) is 0 Å². The third kappa shape index (κ3) is 3.15. The molecule has 0 saturated heterocycles. The van der Waals surface area contributed by atoms with Gasteiger partial charge in [-0.25, -0.2) is 4.99 Å².